The lowest BCUT2D eigenvalue weighted by molar-refractivity contribution is -0.138. The van der Waals surface area contributed by atoms with Crippen molar-refractivity contribution in [3.63, 3.8) is 0 Å². The molecule has 1 unspecified atom stereocenters. The van der Waals surface area contributed by atoms with Crippen molar-refractivity contribution in [3.8, 4) is 0 Å². The average Bonchev–Trinajstić information content (AvgIpc) is 2.17. The minimum atomic E-state index is -0.935. The summed E-state index contributed by atoms with van der Waals surface area (Å²) in [6.07, 6.45) is 0.644. The van der Waals surface area contributed by atoms with E-state index in [1.54, 1.807) is 0 Å². The number of hydrogen-bond donors (Lipinski definition) is 2. The fourth-order valence-corrected chi connectivity index (χ4v) is 1.34. The van der Waals surface area contributed by atoms with E-state index in [-0.39, 0.29) is 6.17 Å². The summed E-state index contributed by atoms with van der Waals surface area (Å²) in [5.41, 5.74) is 4.85. The van der Waals surface area contributed by atoms with Crippen molar-refractivity contribution in [1.82, 2.24) is 10.2 Å². The molecule has 3 N–H and O–H groups in total. The van der Waals surface area contributed by atoms with Crippen LogP contribution in [0.1, 0.15) is 27.2 Å². The quantitative estimate of drug-likeness (QED) is 0.472. The number of carbonyl (C=O) groups is 2. The van der Waals surface area contributed by atoms with Crippen LogP contribution in [-0.2, 0) is 9.59 Å². The lowest BCUT2D eigenvalue weighted by Crippen LogP contribution is -2.50. The Morgan fingerprint density at radius 2 is 1.79 bits per heavy atom. The number of primary amides is 1. The number of nitrogens with two attached hydrogens (primary N) is 1. The molecule has 0 bridgehead atoms. The second kappa shape index (κ2) is 6.37. The molecule has 0 heterocycles. The Labute approximate surface area is 84.6 Å². The molecule has 0 spiro atoms. The average molecular weight is 201 g/mol. The van der Waals surface area contributed by atoms with E-state index in [1.807, 2.05) is 20.8 Å². The van der Waals surface area contributed by atoms with Gasteiger partial charge in [0.05, 0.1) is 6.17 Å². The summed E-state index contributed by atoms with van der Waals surface area (Å²) in [6, 6.07) is 0. The van der Waals surface area contributed by atoms with Crippen molar-refractivity contribution in [2.75, 3.05) is 13.1 Å². The largest absolute Gasteiger partial charge is 0.361 e. The minimum Gasteiger partial charge on any atom is -0.361 e. The molecular formula is C9H19N3O2. The first kappa shape index (κ1) is 12.9. The molecule has 0 radical (unpaired) electrons. The smallest absolute Gasteiger partial charge is 0.310 e. The third-order valence-corrected chi connectivity index (χ3v) is 2.16. The van der Waals surface area contributed by atoms with Crippen molar-refractivity contribution in [3.05, 3.63) is 0 Å². The van der Waals surface area contributed by atoms with E-state index in [9.17, 15) is 9.59 Å². The second-order valence-corrected chi connectivity index (χ2v) is 2.98. The number of rotatable bonds is 5. The number of carbonyl (C=O) groups excluding carboxylic acids is 2. The van der Waals surface area contributed by atoms with Gasteiger partial charge >= 0.3 is 11.8 Å². The van der Waals surface area contributed by atoms with Crippen LogP contribution in [0.15, 0.2) is 0 Å². The SMILES string of the molecule is CCC(NC(=O)C(N)=O)N(CC)CC. The van der Waals surface area contributed by atoms with Crippen LogP contribution in [0.25, 0.3) is 0 Å². The molecule has 0 aromatic heterocycles. The van der Waals surface area contributed by atoms with Gasteiger partial charge in [-0.25, -0.2) is 0 Å². The van der Waals surface area contributed by atoms with Gasteiger partial charge in [-0.3, -0.25) is 14.5 Å². The molecule has 5 nitrogen and oxygen atoms in total. The summed E-state index contributed by atoms with van der Waals surface area (Å²) in [5.74, 6) is -1.65. The molecule has 0 aliphatic carbocycles. The molecular weight excluding hydrogens is 182 g/mol. The predicted molar refractivity (Wildman–Crippen MR) is 54.3 cm³/mol. The highest BCUT2D eigenvalue weighted by molar-refractivity contribution is 6.34. The second-order valence-electron chi connectivity index (χ2n) is 2.98. The Balaban J connectivity index is 4.27. The normalized spacial score (nSPS) is 12.6. The number of nitrogens with one attached hydrogen (secondary N) is 1. The maximum atomic E-state index is 11.0. The summed E-state index contributed by atoms with van der Waals surface area (Å²) < 4.78 is 0. The molecule has 0 aliphatic rings. The highest BCUT2D eigenvalue weighted by Gasteiger charge is 2.18. The Morgan fingerprint density at radius 1 is 1.29 bits per heavy atom. The zero-order valence-corrected chi connectivity index (χ0v) is 9.04. The molecule has 14 heavy (non-hydrogen) atoms. The molecule has 0 fully saturated rings. The molecule has 0 aromatic carbocycles. The van der Waals surface area contributed by atoms with Crippen LogP contribution in [0.5, 0.6) is 0 Å². The summed E-state index contributed by atoms with van der Waals surface area (Å²) in [7, 11) is 0. The Bertz CT molecular complexity index is 202. The highest BCUT2D eigenvalue weighted by atomic mass is 16.2. The molecule has 0 saturated carbocycles. The van der Waals surface area contributed by atoms with Crippen molar-refractivity contribution < 1.29 is 9.59 Å². The number of hydrogen-bond acceptors (Lipinski definition) is 3. The minimum absolute atomic E-state index is 0.106. The van der Waals surface area contributed by atoms with Crippen LogP contribution in [0.2, 0.25) is 0 Å². The van der Waals surface area contributed by atoms with Gasteiger partial charge in [-0.2, -0.15) is 0 Å². The summed E-state index contributed by atoms with van der Waals surface area (Å²) in [5, 5.41) is 2.58. The van der Waals surface area contributed by atoms with Crippen molar-refractivity contribution in [2.24, 2.45) is 5.73 Å². The molecule has 5 heteroatoms. The predicted octanol–water partition coefficient (Wildman–Crippen LogP) is -0.334. The van der Waals surface area contributed by atoms with E-state index in [4.69, 9.17) is 5.73 Å². The fourth-order valence-electron chi connectivity index (χ4n) is 1.34. The van der Waals surface area contributed by atoms with E-state index in [2.05, 4.69) is 10.2 Å². The van der Waals surface area contributed by atoms with Gasteiger partial charge in [-0.15, -0.1) is 0 Å². The maximum Gasteiger partial charge on any atom is 0.310 e. The van der Waals surface area contributed by atoms with Crippen molar-refractivity contribution >= 4 is 11.8 Å². The maximum absolute atomic E-state index is 11.0. The Morgan fingerprint density at radius 3 is 2.07 bits per heavy atom. The van der Waals surface area contributed by atoms with E-state index < -0.39 is 11.8 Å². The molecule has 1 atom stereocenters. The third kappa shape index (κ3) is 3.74. The van der Waals surface area contributed by atoms with Crippen LogP contribution in [0.4, 0.5) is 0 Å². The molecule has 0 aromatic rings. The Hall–Kier alpha value is -1.10. The standard InChI is InChI=1S/C9H19N3O2/c1-4-7(12(5-2)6-3)11-9(14)8(10)13/h7H,4-6H2,1-3H3,(H2,10,13)(H,11,14). The van der Waals surface area contributed by atoms with E-state index in [1.165, 1.54) is 0 Å². The first-order valence-corrected chi connectivity index (χ1v) is 4.91. The van der Waals surface area contributed by atoms with Gasteiger partial charge in [0.15, 0.2) is 0 Å². The van der Waals surface area contributed by atoms with E-state index in [0.717, 1.165) is 19.5 Å². The van der Waals surface area contributed by atoms with Crippen LogP contribution in [0, 0.1) is 0 Å². The number of amides is 2. The molecule has 2 amide bonds. The lowest BCUT2D eigenvalue weighted by Gasteiger charge is -2.28. The van der Waals surface area contributed by atoms with E-state index >= 15 is 0 Å². The zero-order chi connectivity index (χ0) is 11.1. The van der Waals surface area contributed by atoms with Crippen molar-refractivity contribution in [1.29, 1.82) is 0 Å². The first-order chi connectivity index (χ1) is 6.56. The van der Waals surface area contributed by atoms with Gasteiger partial charge in [0.25, 0.3) is 0 Å². The summed E-state index contributed by atoms with van der Waals surface area (Å²) in [6.45, 7) is 7.61. The van der Waals surface area contributed by atoms with E-state index in [0.29, 0.717) is 0 Å². The van der Waals surface area contributed by atoms with Crippen LogP contribution in [-0.4, -0.2) is 36.0 Å². The number of nitrogens with zero attached hydrogens (tertiary/aromatic N) is 1. The molecule has 0 rings (SSSR count). The zero-order valence-electron chi connectivity index (χ0n) is 9.04. The van der Waals surface area contributed by atoms with Crippen LogP contribution >= 0.6 is 0 Å². The van der Waals surface area contributed by atoms with Crippen molar-refractivity contribution in [2.45, 2.75) is 33.4 Å². The summed E-state index contributed by atoms with van der Waals surface area (Å²) >= 11 is 0. The van der Waals surface area contributed by atoms with Gasteiger partial charge in [0, 0.05) is 0 Å². The Kier molecular flexibility index (Phi) is 5.87. The lowest BCUT2D eigenvalue weighted by atomic mass is 10.3. The third-order valence-electron chi connectivity index (χ3n) is 2.16. The van der Waals surface area contributed by atoms with Gasteiger partial charge in [-0.05, 0) is 19.5 Å². The molecule has 82 valence electrons. The first-order valence-electron chi connectivity index (χ1n) is 4.91. The van der Waals surface area contributed by atoms with Gasteiger partial charge in [-0.1, -0.05) is 20.8 Å². The van der Waals surface area contributed by atoms with Crippen LogP contribution in [0.3, 0.4) is 0 Å². The van der Waals surface area contributed by atoms with Gasteiger partial charge < -0.3 is 11.1 Å². The van der Waals surface area contributed by atoms with Crippen LogP contribution < -0.4 is 11.1 Å². The molecule has 0 aliphatic heterocycles. The monoisotopic (exact) mass is 201 g/mol. The summed E-state index contributed by atoms with van der Waals surface area (Å²) in [4.78, 5) is 23.6. The van der Waals surface area contributed by atoms with Gasteiger partial charge in [0.2, 0.25) is 0 Å². The van der Waals surface area contributed by atoms with Gasteiger partial charge in [0.1, 0.15) is 0 Å². The topological polar surface area (TPSA) is 75.4 Å². The molecule has 0 saturated heterocycles. The fraction of sp³-hybridized carbons (Fsp3) is 0.778. The highest BCUT2D eigenvalue weighted by Crippen LogP contribution is 1.99.